The maximum Gasteiger partial charge on any atom is 0.157 e. The molecule has 1 aromatic carbocycles. The normalized spacial score (nSPS) is 24.2. The Labute approximate surface area is 128 Å². The van der Waals surface area contributed by atoms with Crippen molar-refractivity contribution in [2.45, 2.75) is 31.1 Å². The average Bonchev–Trinajstić information content (AvgIpc) is 3.10. The molecular formula is C14H16Cl2N2S. The predicted octanol–water partition coefficient (Wildman–Crippen LogP) is 4.53. The van der Waals surface area contributed by atoms with Gasteiger partial charge in [-0.1, -0.05) is 41.0 Å². The summed E-state index contributed by atoms with van der Waals surface area (Å²) in [6.07, 6.45) is 2.75. The number of benzene rings is 1. The first kappa shape index (κ1) is 13.6. The Hall–Kier alpha value is -0.380. The maximum atomic E-state index is 6.23. The predicted molar refractivity (Wildman–Crippen MR) is 84.4 cm³/mol. The molecule has 5 heteroatoms. The molecule has 0 spiro atoms. The fourth-order valence-corrected chi connectivity index (χ4v) is 4.17. The number of nitrogens with one attached hydrogen (secondary N) is 1. The number of aliphatic imine (C=N–C) groups is 1. The van der Waals surface area contributed by atoms with Crippen LogP contribution in [0.4, 0.5) is 0 Å². The van der Waals surface area contributed by atoms with Gasteiger partial charge in [0.15, 0.2) is 5.17 Å². The van der Waals surface area contributed by atoms with E-state index in [4.69, 9.17) is 23.2 Å². The minimum atomic E-state index is 0.147. The summed E-state index contributed by atoms with van der Waals surface area (Å²) in [4.78, 5) is 4.59. The third-order valence-electron chi connectivity index (χ3n) is 3.59. The fraction of sp³-hybridized carbons (Fsp3) is 0.500. The van der Waals surface area contributed by atoms with Gasteiger partial charge >= 0.3 is 0 Å². The van der Waals surface area contributed by atoms with Crippen molar-refractivity contribution in [1.29, 1.82) is 0 Å². The molecule has 0 radical (unpaired) electrons. The SMILES string of the molecule is CC(NC1=NCC(C2CC2)S1)c1ccc(Cl)cc1Cl. The van der Waals surface area contributed by atoms with Crippen LogP contribution in [-0.2, 0) is 0 Å². The summed E-state index contributed by atoms with van der Waals surface area (Å²) in [7, 11) is 0. The van der Waals surface area contributed by atoms with E-state index in [1.54, 1.807) is 6.07 Å². The van der Waals surface area contributed by atoms with Gasteiger partial charge in [-0.2, -0.15) is 0 Å². The molecule has 19 heavy (non-hydrogen) atoms. The van der Waals surface area contributed by atoms with E-state index >= 15 is 0 Å². The Morgan fingerprint density at radius 2 is 2.16 bits per heavy atom. The molecule has 2 aliphatic rings. The Morgan fingerprint density at radius 1 is 1.37 bits per heavy atom. The maximum absolute atomic E-state index is 6.23. The minimum absolute atomic E-state index is 0.147. The van der Waals surface area contributed by atoms with Crippen LogP contribution in [0.1, 0.15) is 31.4 Å². The molecule has 2 nitrogen and oxygen atoms in total. The van der Waals surface area contributed by atoms with Gasteiger partial charge < -0.3 is 5.32 Å². The molecule has 0 saturated heterocycles. The van der Waals surface area contributed by atoms with E-state index in [1.807, 2.05) is 23.9 Å². The summed E-state index contributed by atoms with van der Waals surface area (Å²) in [5.41, 5.74) is 1.06. The fourth-order valence-electron chi connectivity index (χ4n) is 2.30. The Bertz CT molecular complexity index is 514. The van der Waals surface area contributed by atoms with Crippen LogP contribution in [0.2, 0.25) is 10.0 Å². The van der Waals surface area contributed by atoms with Crippen LogP contribution in [-0.4, -0.2) is 17.0 Å². The number of rotatable bonds is 3. The van der Waals surface area contributed by atoms with E-state index in [1.165, 1.54) is 12.8 Å². The standard InChI is InChI=1S/C14H16Cl2N2S/c1-8(11-5-4-10(15)6-12(11)16)18-14-17-7-13(19-14)9-2-3-9/h4-6,8-9,13H,2-3,7H2,1H3,(H,17,18). The molecule has 1 N–H and O–H groups in total. The van der Waals surface area contributed by atoms with Crippen LogP contribution < -0.4 is 5.32 Å². The van der Waals surface area contributed by atoms with Gasteiger partial charge in [0.2, 0.25) is 0 Å². The van der Waals surface area contributed by atoms with Crippen molar-refractivity contribution in [2.75, 3.05) is 6.54 Å². The third kappa shape index (κ3) is 3.21. The summed E-state index contributed by atoms with van der Waals surface area (Å²) in [6, 6.07) is 5.78. The number of nitrogens with zero attached hydrogens (tertiary/aromatic N) is 1. The van der Waals surface area contributed by atoms with E-state index in [2.05, 4.69) is 17.2 Å². The number of thioether (sulfide) groups is 1. The van der Waals surface area contributed by atoms with Crippen molar-refractivity contribution in [3.05, 3.63) is 33.8 Å². The Kier molecular flexibility index (Phi) is 3.97. The van der Waals surface area contributed by atoms with Crippen molar-refractivity contribution < 1.29 is 0 Å². The Morgan fingerprint density at radius 3 is 2.84 bits per heavy atom. The van der Waals surface area contributed by atoms with Crippen LogP contribution in [0.15, 0.2) is 23.2 Å². The van der Waals surface area contributed by atoms with Crippen molar-refractivity contribution >= 4 is 40.1 Å². The number of hydrogen-bond acceptors (Lipinski definition) is 3. The van der Waals surface area contributed by atoms with Crippen molar-refractivity contribution in [1.82, 2.24) is 5.32 Å². The number of hydrogen-bond donors (Lipinski definition) is 1. The molecule has 1 fully saturated rings. The van der Waals surface area contributed by atoms with E-state index in [0.29, 0.717) is 15.3 Å². The lowest BCUT2D eigenvalue weighted by Gasteiger charge is -2.17. The largest absolute Gasteiger partial charge is 0.358 e. The van der Waals surface area contributed by atoms with Crippen LogP contribution in [0.3, 0.4) is 0 Å². The van der Waals surface area contributed by atoms with E-state index in [9.17, 15) is 0 Å². The molecule has 1 aliphatic carbocycles. The average molecular weight is 315 g/mol. The lowest BCUT2D eigenvalue weighted by Crippen LogP contribution is -2.23. The molecule has 1 heterocycles. The molecule has 0 amide bonds. The second kappa shape index (κ2) is 5.55. The lowest BCUT2D eigenvalue weighted by atomic mass is 10.1. The first-order valence-corrected chi connectivity index (χ1v) is 8.19. The molecule has 1 aliphatic heterocycles. The highest BCUT2D eigenvalue weighted by molar-refractivity contribution is 8.14. The molecule has 1 saturated carbocycles. The first-order chi connectivity index (χ1) is 9.13. The lowest BCUT2D eigenvalue weighted by molar-refractivity contribution is 0.721. The van der Waals surface area contributed by atoms with E-state index in [0.717, 1.165) is 23.2 Å². The summed E-state index contributed by atoms with van der Waals surface area (Å²) in [5.74, 6) is 0.891. The van der Waals surface area contributed by atoms with Gasteiger partial charge in [-0.05, 0) is 43.4 Å². The molecule has 1 aromatic rings. The van der Waals surface area contributed by atoms with Crippen LogP contribution >= 0.6 is 35.0 Å². The van der Waals surface area contributed by atoms with Gasteiger partial charge in [-0.25, -0.2) is 0 Å². The molecule has 3 rings (SSSR count). The number of amidine groups is 1. The summed E-state index contributed by atoms with van der Waals surface area (Å²) in [5, 5.41) is 6.57. The minimum Gasteiger partial charge on any atom is -0.358 e. The van der Waals surface area contributed by atoms with Gasteiger partial charge in [0, 0.05) is 15.3 Å². The summed E-state index contributed by atoms with van der Waals surface area (Å²) in [6.45, 7) is 3.06. The molecule has 2 unspecified atom stereocenters. The van der Waals surface area contributed by atoms with Gasteiger partial charge in [0.25, 0.3) is 0 Å². The third-order valence-corrected chi connectivity index (χ3v) is 5.46. The highest BCUT2D eigenvalue weighted by Gasteiger charge is 2.35. The first-order valence-electron chi connectivity index (χ1n) is 6.56. The topological polar surface area (TPSA) is 24.4 Å². The summed E-state index contributed by atoms with van der Waals surface area (Å²) >= 11 is 14.0. The highest BCUT2D eigenvalue weighted by Crippen LogP contribution is 2.41. The number of halogens is 2. The second-order valence-electron chi connectivity index (χ2n) is 5.17. The zero-order valence-corrected chi connectivity index (χ0v) is 13.0. The van der Waals surface area contributed by atoms with Crippen molar-refractivity contribution in [3.8, 4) is 0 Å². The van der Waals surface area contributed by atoms with Crippen LogP contribution in [0.25, 0.3) is 0 Å². The monoisotopic (exact) mass is 314 g/mol. The molecule has 102 valence electrons. The van der Waals surface area contributed by atoms with Gasteiger partial charge in [0.05, 0.1) is 12.6 Å². The smallest absolute Gasteiger partial charge is 0.157 e. The molecule has 2 atom stereocenters. The van der Waals surface area contributed by atoms with Crippen LogP contribution in [0, 0.1) is 5.92 Å². The Balaban J connectivity index is 1.63. The molecular weight excluding hydrogens is 299 g/mol. The van der Waals surface area contributed by atoms with Crippen molar-refractivity contribution in [2.24, 2.45) is 10.9 Å². The quantitative estimate of drug-likeness (QED) is 0.886. The van der Waals surface area contributed by atoms with Gasteiger partial charge in [-0.15, -0.1) is 0 Å². The second-order valence-corrected chi connectivity index (χ2v) is 7.24. The van der Waals surface area contributed by atoms with Gasteiger partial charge in [0.1, 0.15) is 0 Å². The van der Waals surface area contributed by atoms with E-state index in [-0.39, 0.29) is 6.04 Å². The molecule has 0 aromatic heterocycles. The van der Waals surface area contributed by atoms with Crippen molar-refractivity contribution in [3.63, 3.8) is 0 Å². The zero-order valence-electron chi connectivity index (χ0n) is 10.7. The van der Waals surface area contributed by atoms with Gasteiger partial charge in [-0.3, -0.25) is 4.99 Å². The van der Waals surface area contributed by atoms with E-state index < -0.39 is 0 Å². The highest BCUT2D eigenvalue weighted by atomic mass is 35.5. The summed E-state index contributed by atoms with van der Waals surface area (Å²) < 4.78 is 0. The molecule has 0 bridgehead atoms. The van der Waals surface area contributed by atoms with Crippen LogP contribution in [0.5, 0.6) is 0 Å². The zero-order chi connectivity index (χ0) is 13.4.